The van der Waals surface area contributed by atoms with Gasteiger partial charge in [-0.2, -0.15) is 16.7 Å². The summed E-state index contributed by atoms with van der Waals surface area (Å²) >= 11 is 1.45. The third-order valence-electron chi connectivity index (χ3n) is 3.94. The molecule has 0 bridgehead atoms. The molecule has 0 amide bonds. The molecule has 1 saturated heterocycles. The maximum atomic E-state index is 12.7. The number of thioether (sulfide) groups is 1. The van der Waals surface area contributed by atoms with E-state index in [0.29, 0.717) is 4.57 Å². The zero-order chi connectivity index (χ0) is 18.8. The molecule has 10 nitrogen and oxygen atoms in total. The molecule has 0 spiro atoms. The van der Waals surface area contributed by atoms with Crippen LogP contribution in [0.3, 0.4) is 0 Å². The molecule has 1 aromatic heterocycles. The molecule has 1 aliphatic heterocycles. The highest BCUT2D eigenvalue weighted by atomic mass is 32.2. The molecule has 5 N–H and O–H groups in total. The van der Waals surface area contributed by atoms with Crippen LogP contribution in [0, 0.1) is 0 Å². The first kappa shape index (κ1) is 19.7. The van der Waals surface area contributed by atoms with E-state index in [4.69, 9.17) is 15.2 Å². The maximum Gasteiger partial charge on any atom is 0.363 e. The number of carbonyl (C=O) groups is 1. The third-order valence-corrected chi connectivity index (χ3v) is 4.88. The number of nitrogen functional groups attached to an aromatic ring is 1. The normalized spacial score (nSPS) is 30.2. The summed E-state index contributed by atoms with van der Waals surface area (Å²) in [5.41, 5.74) is 2.10. The molecule has 2 rings (SSSR count). The van der Waals surface area contributed by atoms with Crippen LogP contribution in [0.25, 0.3) is 0 Å². The molecule has 0 aromatic carbocycles. The van der Waals surface area contributed by atoms with Crippen LogP contribution in [0.15, 0.2) is 17.1 Å². The van der Waals surface area contributed by atoms with Gasteiger partial charge in [0.25, 0.3) is 5.72 Å². The van der Waals surface area contributed by atoms with Crippen LogP contribution in [-0.4, -0.2) is 73.9 Å². The smallest absolute Gasteiger partial charge is 0.363 e. The summed E-state index contributed by atoms with van der Waals surface area (Å²) in [6, 6.07) is 1.23. The van der Waals surface area contributed by atoms with Gasteiger partial charge in [-0.1, -0.05) is 6.92 Å². The summed E-state index contributed by atoms with van der Waals surface area (Å²) in [5, 5.41) is 29.8. The molecule has 1 unspecified atom stereocenters. The number of hydrogen-bond donors (Lipinski definition) is 4. The first-order chi connectivity index (χ1) is 11.8. The van der Waals surface area contributed by atoms with Crippen molar-refractivity contribution in [2.24, 2.45) is 0 Å². The summed E-state index contributed by atoms with van der Waals surface area (Å²) in [5.74, 6) is -1.17. The number of carbonyl (C=O) groups excluding carboxylic acids is 1. The zero-order valence-electron chi connectivity index (χ0n) is 13.7. The van der Waals surface area contributed by atoms with Crippen LogP contribution in [0.1, 0.15) is 6.92 Å². The molecule has 140 valence electrons. The van der Waals surface area contributed by atoms with Crippen molar-refractivity contribution in [3.8, 4) is 0 Å². The molecule has 0 aliphatic carbocycles. The van der Waals surface area contributed by atoms with E-state index < -0.39 is 42.3 Å². The maximum absolute atomic E-state index is 12.7. The fourth-order valence-electron chi connectivity index (χ4n) is 2.45. The van der Waals surface area contributed by atoms with Crippen LogP contribution in [0.5, 0.6) is 0 Å². The Labute approximate surface area is 147 Å². The number of esters is 1. The average molecular weight is 375 g/mol. The van der Waals surface area contributed by atoms with Gasteiger partial charge in [-0.3, -0.25) is 4.57 Å². The summed E-state index contributed by atoms with van der Waals surface area (Å²) in [4.78, 5) is 28.4. The summed E-state index contributed by atoms with van der Waals surface area (Å²) in [6.07, 6.45) is -1.82. The van der Waals surface area contributed by atoms with Crippen LogP contribution in [0.4, 0.5) is 5.82 Å². The Morgan fingerprint density at radius 1 is 1.60 bits per heavy atom. The lowest BCUT2D eigenvalue weighted by molar-refractivity contribution is -0.202. The number of ether oxygens (including phenoxy) is 2. The van der Waals surface area contributed by atoms with E-state index in [-0.39, 0.29) is 17.7 Å². The van der Waals surface area contributed by atoms with Gasteiger partial charge in [-0.05, 0) is 12.3 Å². The number of aliphatic hydroxyl groups is 3. The summed E-state index contributed by atoms with van der Waals surface area (Å²) in [6.45, 7) is 1.14. The van der Waals surface area contributed by atoms with Crippen molar-refractivity contribution in [1.82, 2.24) is 9.55 Å². The van der Waals surface area contributed by atoms with Crippen LogP contribution >= 0.6 is 11.8 Å². The standard InChI is InChI=1S/C14H21N3O7S/c1-7(25-2)6-23-12(21)14(11(20)10(19)8(5-18)24-14)17-4-3-9(15)16-13(17)22/h3-4,7-8,10-11,18-20H,5-6H2,1-2H3,(H2,15,16,22)/t7?,8-,10-,11-,14+/m1/s1. The largest absolute Gasteiger partial charge is 0.461 e. The van der Waals surface area contributed by atoms with Gasteiger partial charge in [0.2, 0.25) is 0 Å². The molecular formula is C14H21N3O7S. The van der Waals surface area contributed by atoms with Crippen molar-refractivity contribution in [2.45, 2.75) is 36.2 Å². The van der Waals surface area contributed by atoms with Crippen molar-refractivity contribution in [3.63, 3.8) is 0 Å². The van der Waals surface area contributed by atoms with Crippen LogP contribution < -0.4 is 11.4 Å². The van der Waals surface area contributed by atoms with Gasteiger partial charge in [0, 0.05) is 11.4 Å². The lowest BCUT2D eigenvalue weighted by atomic mass is 10.0. The second kappa shape index (κ2) is 7.70. The minimum absolute atomic E-state index is 0.00509. The molecule has 0 saturated carbocycles. The van der Waals surface area contributed by atoms with E-state index in [2.05, 4.69) is 4.98 Å². The average Bonchev–Trinajstić information content (AvgIpc) is 2.85. The molecular weight excluding hydrogens is 354 g/mol. The molecule has 11 heteroatoms. The van der Waals surface area contributed by atoms with Gasteiger partial charge in [-0.15, -0.1) is 0 Å². The SMILES string of the molecule is CSC(C)COC(=O)[C@@]1(n2ccc(N)nc2=O)O[C@H](CO)[C@@H](O)[C@H]1O. The Morgan fingerprint density at radius 2 is 2.28 bits per heavy atom. The number of anilines is 1. The molecule has 2 heterocycles. The first-order valence-corrected chi connectivity index (χ1v) is 8.77. The Hall–Kier alpha value is -1.66. The van der Waals surface area contributed by atoms with E-state index >= 15 is 0 Å². The summed E-state index contributed by atoms with van der Waals surface area (Å²) < 4.78 is 11.3. The predicted molar refractivity (Wildman–Crippen MR) is 88.8 cm³/mol. The monoisotopic (exact) mass is 375 g/mol. The van der Waals surface area contributed by atoms with Crippen molar-refractivity contribution in [2.75, 3.05) is 25.2 Å². The zero-order valence-corrected chi connectivity index (χ0v) is 14.5. The highest BCUT2D eigenvalue weighted by Crippen LogP contribution is 2.36. The van der Waals surface area contributed by atoms with Crippen molar-refractivity contribution >= 4 is 23.5 Å². The van der Waals surface area contributed by atoms with Crippen LogP contribution in [-0.2, 0) is 20.0 Å². The lowest BCUT2D eigenvalue weighted by Crippen LogP contribution is -2.56. The molecule has 1 aliphatic rings. The predicted octanol–water partition coefficient (Wildman–Crippen LogP) is -2.11. The van der Waals surface area contributed by atoms with Crippen molar-refractivity contribution in [1.29, 1.82) is 0 Å². The van der Waals surface area contributed by atoms with E-state index in [1.807, 2.05) is 13.2 Å². The Balaban J connectivity index is 2.49. The molecule has 1 aromatic rings. The van der Waals surface area contributed by atoms with Gasteiger partial charge in [0.15, 0.2) is 0 Å². The Bertz CT molecular complexity index is 685. The fraction of sp³-hybridized carbons (Fsp3) is 0.643. The number of rotatable bonds is 6. The highest BCUT2D eigenvalue weighted by molar-refractivity contribution is 7.99. The van der Waals surface area contributed by atoms with Gasteiger partial charge in [0.1, 0.15) is 30.7 Å². The molecule has 25 heavy (non-hydrogen) atoms. The highest BCUT2D eigenvalue weighted by Gasteiger charge is 2.62. The fourth-order valence-corrected chi connectivity index (χ4v) is 2.65. The first-order valence-electron chi connectivity index (χ1n) is 7.48. The number of aliphatic hydroxyl groups excluding tert-OH is 3. The van der Waals surface area contributed by atoms with Gasteiger partial charge in [0.05, 0.1) is 6.61 Å². The molecule has 1 fully saturated rings. The van der Waals surface area contributed by atoms with Gasteiger partial charge < -0.3 is 30.5 Å². The minimum Gasteiger partial charge on any atom is -0.461 e. The van der Waals surface area contributed by atoms with Gasteiger partial charge in [-0.25, -0.2) is 9.59 Å². The summed E-state index contributed by atoms with van der Waals surface area (Å²) in [7, 11) is 0. The topological polar surface area (TPSA) is 157 Å². The van der Waals surface area contributed by atoms with Gasteiger partial charge >= 0.3 is 11.7 Å². The van der Waals surface area contributed by atoms with Crippen molar-refractivity contribution in [3.05, 3.63) is 22.7 Å². The number of nitrogens with two attached hydrogens (primary N) is 1. The lowest BCUT2D eigenvalue weighted by Gasteiger charge is -2.31. The second-order valence-electron chi connectivity index (χ2n) is 5.62. The quantitative estimate of drug-likeness (QED) is 0.405. The Kier molecular flexibility index (Phi) is 6.06. The molecule has 5 atom stereocenters. The third kappa shape index (κ3) is 3.51. The molecule has 0 radical (unpaired) electrons. The second-order valence-corrected chi connectivity index (χ2v) is 6.90. The Morgan fingerprint density at radius 3 is 2.80 bits per heavy atom. The minimum atomic E-state index is -2.37. The van der Waals surface area contributed by atoms with E-state index in [0.717, 1.165) is 6.20 Å². The van der Waals surface area contributed by atoms with E-state index in [1.165, 1.54) is 17.8 Å². The van der Waals surface area contributed by atoms with Crippen LogP contribution in [0.2, 0.25) is 0 Å². The number of hydrogen-bond acceptors (Lipinski definition) is 10. The van der Waals surface area contributed by atoms with E-state index in [9.17, 15) is 24.9 Å². The van der Waals surface area contributed by atoms with E-state index in [1.54, 1.807) is 0 Å². The number of aromatic nitrogens is 2. The number of nitrogens with zero attached hydrogens (tertiary/aromatic N) is 2. The van der Waals surface area contributed by atoms with Crippen molar-refractivity contribution < 1.29 is 29.6 Å².